The molecule has 40 heavy (non-hydrogen) atoms. The van der Waals surface area contributed by atoms with Crippen LogP contribution in [0.4, 0.5) is 5.69 Å². The molecule has 0 radical (unpaired) electrons. The number of rotatable bonds is 10. The average Bonchev–Trinajstić information content (AvgIpc) is 2.95. The summed E-state index contributed by atoms with van der Waals surface area (Å²) < 4.78 is 40.9. The first-order chi connectivity index (χ1) is 19.1. The SMILES string of the molecule is COc1ccc(S(=O)(=O)Nc2cccc3c2O[C@@H](CN(C)Cc2ccncc2)[C@H](C)CN([C@@H](C)CO)C3=O)cc1. The Morgan fingerprint density at radius 3 is 2.52 bits per heavy atom. The van der Waals surface area contributed by atoms with E-state index in [0.717, 1.165) is 5.56 Å². The number of sulfonamides is 1. The van der Waals surface area contributed by atoms with Crippen LogP contribution >= 0.6 is 0 Å². The van der Waals surface area contributed by atoms with Crippen molar-refractivity contribution in [3.63, 3.8) is 0 Å². The van der Waals surface area contributed by atoms with Crippen molar-refractivity contribution in [1.29, 1.82) is 0 Å². The number of hydrogen-bond donors (Lipinski definition) is 2. The predicted octanol–water partition coefficient (Wildman–Crippen LogP) is 3.24. The van der Waals surface area contributed by atoms with Crippen LogP contribution in [0, 0.1) is 5.92 Å². The smallest absolute Gasteiger partial charge is 0.262 e. The Labute approximate surface area is 235 Å². The van der Waals surface area contributed by atoms with E-state index < -0.39 is 22.2 Å². The number of pyridine rings is 1. The summed E-state index contributed by atoms with van der Waals surface area (Å²) in [4.78, 5) is 21.6. The highest BCUT2D eigenvalue weighted by atomic mass is 32.2. The molecule has 0 saturated heterocycles. The molecule has 11 heteroatoms. The number of nitrogens with one attached hydrogen (secondary N) is 1. The highest BCUT2D eigenvalue weighted by Crippen LogP contribution is 2.36. The number of fused-ring (bicyclic) bond motifs is 1. The zero-order valence-electron chi connectivity index (χ0n) is 23.1. The van der Waals surface area contributed by atoms with Crippen molar-refractivity contribution in [2.75, 3.05) is 38.6 Å². The fourth-order valence-corrected chi connectivity index (χ4v) is 5.73. The second kappa shape index (κ2) is 12.7. The van der Waals surface area contributed by atoms with E-state index in [1.807, 2.05) is 26.1 Å². The summed E-state index contributed by atoms with van der Waals surface area (Å²) in [5.41, 5.74) is 1.48. The molecule has 1 amide bonds. The van der Waals surface area contributed by atoms with E-state index in [1.54, 1.807) is 54.5 Å². The van der Waals surface area contributed by atoms with Crippen molar-refractivity contribution in [3.8, 4) is 11.5 Å². The lowest BCUT2D eigenvalue weighted by Crippen LogP contribution is -2.49. The van der Waals surface area contributed by atoms with Gasteiger partial charge in [0.2, 0.25) is 0 Å². The Kier molecular flexibility index (Phi) is 9.28. The number of anilines is 1. The van der Waals surface area contributed by atoms with Gasteiger partial charge in [0.05, 0.1) is 35.9 Å². The van der Waals surface area contributed by atoms with E-state index in [2.05, 4.69) is 14.6 Å². The standard InChI is InChI=1S/C29H36N4O6S/c1-20-16-33(21(2)19-34)29(35)25-6-5-7-26(31-40(36,37)24-10-8-23(38-4)9-11-24)28(25)39-27(20)18-32(3)17-22-12-14-30-15-13-22/h5-15,20-21,27,31,34H,16-19H2,1-4H3/t20-,21+,27+/m1/s1. The van der Waals surface area contributed by atoms with Gasteiger partial charge in [0.1, 0.15) is 11.9 Å². The van der Waals surface area contributed by atoms with Gasteiger partial charge in [0.15, 0.2) is 5.75 Å². The molecular weight excluding hydrogens is 532 g/mol. The van der Waals surface area contributed by atoms with Gasteiger partial charge in [0, 0.05) is 37.9 Å². The number of likely N-dealkylation sites (N-methyl/N-ethyl adjacent to an activating group) is 1. The summed E-state index contributed by atoms with van der Waals surface area (Å²) in [6.45, 7) is 5.11. The third kappa shape index (κ3) is 6.72. The Balaban J connectivity index is 1.70. The molecule has 0 bridgehead atoms. The topological polar surface area (TPSA) is 121 Å². The summed E-state index contributed by atoms with van der Waals surface area (Å²) in [7, 11) is -0.522. The molecule has 0 aliphatic carbocycles. The highest BCUT2D eigenvalue weighted by molar-refractivity contribution is 7.92. The lowest BCUT2D eigenvalue weighted by molar-refractivity contribution is 0.0344. The van der Waals surface area contributed by atoms with Crippen LogP contribution in [-0.4, -0.2) is 80.2 Å². The number of aromatic nitrogens is 1. The number of benzene rings is 2. The fraction of sp³-hybridized carbons (Fsp3) is 0.379. The van der Waals surface area contributed by atoms with Crippen molar-refractivity contribution in [1.82, 2.24) is 14.8 Å². The number of carbonyl (C=O) groups is 1. The number of hydrogen-bond acceptors (Lipinski definition) is 8. The second-order valence-electron chi connectivity index (χ2n) is 10.1. The Morgan fingerprint density at radius 2 is 1.88 bits per heavy atom. The molecule has 0 spiro atoms. The molecular formula is C29H36N4O6S. The van der Waals surface area contributed by atoms with Gasteiger partial charge in [-0.25, -0.2) is 8.42 Å². The van der Waals surface area contributed by atoms with Crippen LogP contribution in [0.15, 0.2) is 71.9 Å². The molecule has 214 valence electrons. The largest absolute Gasteiger partial charge is 0.497 e. The number of aliphatic hydroxyl groups is 1. The third-order valence-electron chi connectivity index (χ3n) is 7.00. The van der Waals surface area contributed by atoms with Gasteiger partial charge in [0.25, 0.3) is 15.9 Å². The normalized spacial score (nSPS) is 18.4. The second-order valence-corrected chi connectivity index (χ2v) is 11.8. The van der Waals surface area contributed by atoms with Crippen LogP contribution in [0.5, 0.6) is 11.5 Å². The molecule has 1 aliphatic rings. The number of carbonyl (C=O) groups excluding carboxylic acids is 1. The average molecular weight is 569 g/mol. The van der Waals surface area contributed by atoms with Crippen molar-refractivity contribution < 1.29 is 27.8 Å². The van der Waals surface area contributed by atoms with Crippen LogP contribution in [0.3, 0.4) is 0 Å². The maximum atomic E-state index is 13.7. The number of ether oxygens (including phenoxy) is 2. The monoisotopic (exact) mass is 568 g/mol. The molecule has 3 atom stereocenters. The summed E-state index contributed by atoms with van der Waals surface area (Å²) >= 11 is 0. The molecule has 1 aromatic heterocycles. The lowest BCUT2D eigenvalue weighted by atomic mass is 9.99. The Hall–Kier alpha value is -3.67. The zero-order valence-corrected chi connectivity index (χ0v) is 24.0. The third-order valence-corrected chi connectivity index (χ3v) is 8.38. The van der Waals surface area contributed by atoms with E-state index in [0.29, 0.717) is 25.4 Å². The van der Waals surface area contributed by atoms with Gasteiger partial charge in [-0.1, -0.05) is 13.0 Å². The number of methoxy groups -OCH3 is 1. The number of aliphatic hydroxyl groups excluding tert-OH is 1. The molecule has 0 fully saturated rings. The molecule has 0 unspecified atom stereocenters. The van der Waals surface area contributed by atoms with E-state index in [-0.39, 0.29) is 40.3 Å². The van der Waals surface area contributed by atoms with Crippen LogP contribution in [0.2, 0.25) is 0 Å². The summed E-state index contributed by atoms with van der Waals surface area (Å²) in [6.07, 6.45) is 3.10. The summed E-state index contributed by atoms with van der Waals surface area (Å²) in [5.74, 6) is 0.229. The van der Waals surface area contributed by atoms with Gasteiger partial charge < -0.3 is 19.5 Å². The van der Waals surface area contributed by atoms with Gasteiger partial charge in [-0.15, -0.1) is 0 Å². The van der Waals surface area contributed by atoms with Crippen LogP contribution in [0.1, 0.15) is 29.8 Å². The molecule has 2 N–H and O–H groups in total. The Morgan fingerprint density at radius 1 is 1.18 bits per heavy atom. The molecule has 0 saturated carbocycles. The van der Waals surface area contributed by atoms with Crippen LogP contribution < -0.4 is 14.2 Å². The van der Waals surface area contributed by atoms with Crippen LogP contribution in [-0.2, 0) is 16.6 Å². The first-order valence-electron chi connectivity index (χ1n) is 13.1. The molecule has 4 rings (SSSR count). The van der Waals surface area contributed by atoms with Crippen molar-refractivity contribution in [2.24, 2.45) is 5.92 Å². The maximum Gasteiger partial charge on any atom is 0.262 e. The summed E-state index contributed by atoms with van der Waals surface area (Å²) in [6, 6.07) is 14.3. The van der Waals surface area contributed by atoms with Crippen molar-refractivity contribution in [3.05, 3.63) is 78.1 Å². The van der Waals surface area contributed by atoms with Crippen molar-refractivity contribution in [2.45, 2.75) is 37.4 Å². The van der Waals surface area contributed by atoms with Gasteiger partial charge in [-0.05, 0) is 68.1 Å². The van der Waals surface area contributed by atoms with E-state index in [1.165, 1.54) is 19.2 Å². The maximum absolute atomic E-state index is 13.7. The van der Waals surface area contributed by atoms with Crippen LogP contribution in [0.25, 0.3) is 0 Å². The molecule has 3 aromatic rings. The molecule has 2 aromatic carbocycles. The lowest BCUT2D eigenvalue weighted by Gasteiger charge is -2.38. The first-order valence-corrected chi connectivity index (χ1v) is 14.6. The van der Waals surface area contributed by atoms with Gasteiger partial charge in [-0.3, -0.25) is 19.4 Å². The minimum atomic E-state index is -4.01. The zero-order chi connectivity index (χ0) is 28.9. The minimum Gasteiger partial charge on any atom is -0.497 e. The van der Waals surface area contributed by atoms with E-state index in [9.17, 15) is 18.3 Å². The summed E-state index contributed by atoms with van der Waals surface area (Å²) in [5, 5.41) is 9.91. The predicted molar refractivity (Wildman–Crippen MR) is 152 cm³/mol. The minimum absolute atomic E-state index is 0.0422. The van der Waals surface area contributed by atoms with E-state index >= 15 is 0 Å². The first kappa shape index (κ1) is 29.3. The number of amides is 1. The number of nitrogens with zero attached hydrogens (tertiary/aromatic N) is 3. The highest BCUT2D eigenvalue weighted by Gasteiger charge is 2.35. The Bertz CT molecular complexity index is 1400. The van der Waals surface area contributed by atoms with Gasteiger partial charge in [-0.2, -0.15) is 0 Å². The molecule has 1 aliphatic heterocycles. The fourth-order valence-electron chi connectivity index (χ4n) is 4.67. The molecule has 2 heterocycles. The quantitative estimate of drug-likeness (QED) is 0.382. The van der Waals surface area contributed by atoms with E-state index in [4.69, 9.17) is 9.47 Å². The van der Waals surface area contributed by atoms with Crippen molar-refractivity contribution >= 4 is 21.6 Å². The molecule has 10 nitrogen and oxygen atoms in total. The number of para-hydroxylation sites is 1. The van der Waals surface area contributed by atoms with Gasteiger partial charge >= 0.3 is 0 Å².